The average Bonchev–Trinajstić information content (AvgIpc) is 2.84. The standard InChI is InChI=1S/C26H33N5O5S/c1-6-26(4,27)20-13-29-24(36-16(3)9-10-37(5,33)34)19-12-28-22(11-18(19)20)30-21-8-7-17-23(31-21)15(2)14-35-25(17)32/h7-8,11-13,15-16H,6,9-10,14,27H2,1-5H3,(H,28,30,31)/t15-,16-,26?/m1/s1. The summed E-state index contributed by atoms with van der Waals surface area (Å²) in [5.41, 5.74) is 7.96. The predicted molar refractivity (Wildman–Crippen MR) is 142 cm³/mol. The van der Waals surface area contributed by atoms with E-state index in [0.717, 1.165) is 10.9 Å². The molecule has 11 heteroatoms. The molecule has 0 fully saturated rings. The van der Waals surface area contributed by atoms with Crippen molar-refractivity contribution in [3.05, 3.63) is 47.4 Å². The number of carbonyl (C=O) groups excluding carboxylic acids is 1. The number of carbonyl (C=O) groups is 1. The molecule has 1 unspecified atom stereocenters. The number of esters is 1. The summed E-state index contributed by atoms with van der Waals surface area (Å²) in [7, 11) is -3.10. The zero-order chi connectivity index (χ0) is 27.0. The zero-order valence-electron chi connectivity index (χ0n) is 21.7. The van der Waals surface area contributed by atoms with Crippen LogP contribution in [-0.2, 0) is 20.1 Å². The quantitative estimate of drug-likeness (QED) is 0.394. The highest BCUT2D eigenvalue weighted by atomic mass is 32.2. The summed E-state index contributed by atoms with van der Waals surface area (Å²) in [5, 5.41) is 4.73. The summed E-state index contributed by atoms with van der Waals surface area (Å²) in [6.07, 6.45) is 5.24. The van der Waals surface area contributed by atoms with Gasteiger partial charge in [0.05, 0.1) is 35.1 Å². The van der Waals surface area contributed by atoms with E-state index >= 15 is 0 Å². The van der Waals surface area contributed by atoms with Crippen LogP contribution < -0.4 is 15.8 Å². The first-order valence-electron chi connectivity index (χ1n) is 12.3. The first-order valence-corrected chi connectivity index (χ1v) is 14.3. The Kier molecular flexibility index (Phi) is 7.38. The van der Waals surface area contributed by atoms with Crippen LogP contribution in [0, 0.1) is 0 Å². The zero-order valence-corrected chi connectivity index (χ0v) is 22.6. The van der Waals surface area contributed by atoms with Crippen LogP contribution in [0.5, 0.6) is 5.88 Å². The number of cyclic esters (lactones) is 1. The first-order chi connectivity index (χ1) is 17.4. The minimum atomic E-state index is -3.10. The Hall–Kier alpha value is -3.31. The number of hydrogen-bond acceptors (Lipinski definition) is 10. The second-order valence-electron chi connectivity index (χ2n) is 9.96. The topological polar surface area (TPSA) is 146 Å². The molecule has 4 heterocycles. The molecular formula is C26H33N5O5S. The van der Waals surface area contributed by atoms with Gasteiger partial charge in [-0.05, 0) is 55.8 Å². The third kappa shape index (κ3) is 5.99. The van der Waals surface area contributed by atoms with E-state index in [2.05, 4.69) is 20.3 Å². The molecule has 4 rings (SSSR count). The lowest BCUT2D eigenvalue weighted by Crippen LogP contribution is -2.32. The number of anilines is 2. The lowest BCUT2D eigenvalue weighted by atomic mass is 9.88. The largest absolute Gasteiger partial charge is 0.474 e. The fraction of sp³-hybridized carbons (Fsp3) is 0.462. The van der Waals surface area contributed by atoms with E-state index in [4.69, 9.17) is 15.2 Å². The van der Waals surface area contributed by atoms with Crippen molar-refractivity contribution in [3.8, 4) is 5.88 Å². The molecular weight excluding hydrogens is 494 g/mol. The third-order valence-electron chi connectivity index (χ3n) is 6.63. The van der Waals surface area contributed by atoms with Crippen LogP contribution in [0.1, 0.15) is 68.1 Å². The normalized spacial score (nSPS) is 18.0. The van der Waals surface area contributed by atoms with Crippen molar-refractivity contribution in [3.63, 3.8) is 0 Å². The van der Waals surface area contributed by atoms with Gasteiger partial charge in [-0.2, -0.15) is 0 Å². The number of sulfone groups is 1. The van der Waals surface area contributed by atoms with Crippen LogP contribution >= 0.6 is 0 Å². The Balaban J connectivity index is 1.70. The minimum absolute atomic E-state index is 0.0106. The van der Waals surface area contributed by atoms with Crippen LogP contribution in [0.2, 0.25) is 0 Å². The Morgan fingerprint density at radius 1 is 1.24 bits per heavy atom. The van der Waals surface area contributed by atoms with E-state index in [1.54, 1.807) is 24.5 Å². The van der Waals surface area contributed by atoms with Crippen molar-refractivity contribution >= 4 is 38.2 Å². The molecule has 0 bridgehead atoms. The van der Waals surface area contributed by atoms with Crippen molar-refractivity contribution in [1.29, 1.82) is 0 Å². The molecule has 3 atom stereocenters. The third-order valence-corrected chi connectivity index (χ3v) is 7.60. The molecule has 0 amide bonds. The van der Waals surface area contributed by atoms with Gasteiger partial charge in [0, 0.05) is 30.1 Å². The van der Waals surface area contributed by atoms with Gasteiger partial charge in [0.1, 0.15) is 21.5 Å². The van der Waals surface area contributed by atoms with E-state index in [1.807, 2.05) is 33.8 Å². The monoisotopic (exact) mass is 527 g/mol. The number of rotatable bonds is 9. The smallest absolute Gasteiger partial charge is 0.340 e. The molecule has 0 aromatic carbocycles. The van der Waals surface area contributed by atoms with Gasteiger partial charge in [0.2, 0.25) is 5.88 Å². The van der Waals surface area contributed by atoms with Crippen molar-refractivity contribution in [1.82, 2.24) is 15.0 Å². The highest BCUT2D eigenvalue weighted by Crippen LogP contribution is 2.35. The average molecular weight is 528 g/mol. The fourth-order valence-electron chi connectivity index (χ4n) is 4.13. The van der Waals surface area contributed by atoms with Gasteiger partial charge < -0.3 is 20.5 Å². The van der Waals surface area contributed by atoms with E-state index in [9.17, 15) is 13.2 Å². The summed E-state index contributed by atoms with van der Waals surface area (Å²) in [4.78, 5) is 25.8. The van der Waals surface area contributed by atoms with Gasteiger partial charge in [0.25, 0.3) is 0 Å². The molecule has 3 N–H and O–H groups in total. The summed E-state index contributed by atoms with van der Waals surface area (Å²) in [6, 6.07) is 5.30. The van der Waals surface area contributed by atoms with Gasteiger partial charge >= 0.3 is 5.97 Å². The number of aromatic nitrogens is 3. The van der Waals surface area contributed by atoms with Gasteiger partial charge in [-0.3, -0.25) is 0 Å². The number of nitrogens with zero attached hydrogens (tertiary/aromatic N) is 3. The lowest BCUT2D eigenvalue weighted by Gasteiger charge is -2.26. The molecule has 37 heavy (non-hydrogen) atoms. The molecule has 0 aliphatic carbocycles. The highest BCUT2D eigenvalue weighted by molar-refractivity contribution is 7.90. The van der Waals surface area contributed by atoms with Crippen molar-refractivity contribution in [2.24, 2.45) is 5.73 Å². The molecule has 0 saturated heterocycles. The molecule has 198 valence electrons. The Labute approximate surface area is 216 Å². The highest BCUT2D eigenvalue weighted by Gasteiger charge is 2.27. The lowest BCUT2D eigenvalue weighted by molar-refractivity contribution is 0.0445. The van der Waals surface area contributed by atoms with E-state index < -0.39 is 15.4 Å². The number of nitrogens with one attached hydrogen (secondary N) is 1. The SMILES string of the molecule is CCC(C)(N)c1cnc(O[C@H](C)CCS(C)(=O)=O)c2cnc(Nc3ccc4c(n3)[C@H](C)COC4=O)cc12. The van der Waals surface area contributed by atoms with Crippen molar-refractivity contribution < 1.29 is 22.7 Å². The van der Waals surface area contributed by atoms with Crippen LogP contribution in [0.4, 0.5) is 11.6 Å². The number of nitrogens with two attached hydrogens (primary N) is 1. The van der Waals surface area contributed by atoms with Crippen LogP contribution in [-0.4, -0.2) is 54.1 Å². The molecule has 3 aromatic heterocycles. The first kappa shape index (κ1) is 26.7. The van der Waals surface area contributed by atoms with Gasteiger partial charge in [-0.15, -0.1) is 0 Å². The summed E-state index contributed by atoms with van der Waals surface area (Å²) < 4.78 is 34.3. The maximum absolute atomic E-state index is 12.1. The number of fused-ring (bicyclic) bond motifs is 2. The van der Waals surface area contributed by atoms with Crippen molar-refractivity contribution in [2.45, 2.75) is 58.1 Å². The summed E-state index contributed by atoms with van der Waals surface area (Å²) in [6.45, 7) is 8.02. The molecule has 1 aliphatic rings. The molecule has 0 spiro atoms. The Morgan fingerprint density at radius 3 is 2.70 bits per heavy atom. The van der Waals surface area contributed by atoms with E-state index in [0.29, 0.717) is 53.6 Å². The number of ether oxygens (including phenoxy) is 2. The fourth-order valence-corrected chi connectivity index (χ4v) is 4.89. The van der Waals surface area contributed by atoms with E-state index in [1.165, 1.54) is 6.26 Å². The second kappa shape index (κ2) is 10.2. The number of hydrogen-bond donors (Lipinski definition) is 2. The summed E-state index contributed by atoms with van der Waals surface area (Å²) in [5.74, 6) is 1.11. The summed E-state index contributed by atoms with van der Waals surface area (Å²) >= 11 is 0. The second-order valence-corrected chi connectivity index (χ2v) is 12.2. The molecule has 0 radical (unpaired) electrons. The maximum Gasteiger partial charge on any atom is 0.340 e. The van der Waals surface area contributed by atoms with Crippen LogP contribution in [0.15, 0.2) is 30.6 Å². The molecule has 3 aromatic rings. The van der Waals surface area contributed by atoms with Crippen LogP contribution in [0.3, 0.4) is 0 Å². The minimum Gasteiger partial charge on any atom is -0.474 e. The Morgan fingerprint density at radius 2 is 2.00 bits per heavy atom. The maximum atomic E-state index is 12.1. The van der Waals surface area contributed by atoms with Gasteiger partial charge in [-0.25, -0.2) is 28.2 Å². The Bertz CT molecular complexity index is 1440. The predicted octanol–water partition coefficient (Wildman–Crippen LogP) is 3.83. The van der Waals surface area contributed by atoms with Gasteiger partial charge in [-0.1, -0.05) is 13.8 Å². The molecule has 1 aliphatic heterocycles. The molecule has 10 nitrogen and oxygen atoms in total. The molecule has 0 saturated carbocycles. The number of pyridine rings is 3. The van der Waals surface area contributed by atoms with Crippen LogP contribution in [0.25, 0.3) is 10.8 Å². The van der Waals surface area contributed by atoms with Gasteiger partial charge in [0.15, 0.2) is 0 Å². The van der Waals surface area contributed by atoms with E-state index in [-0.39, 0.29) is 23.7 Å². The van der Waals surface area contributed by atoms with Crippen molar-refractivity contribution in [2.75, 3.05) is 23.9 Å².